The molecule has 0 atom stereocenters. The smallest absolute Gasteiger partial charge is 0.175 e. The van der Waals surface area contributed by atoms with Gasteiger partial charge in [-0.15, -0.1) is 5.10 Å². The maximum atomic E-state index is 11.4. The summed E-state index contributed by atoms with van der Waals surface area (Å²) in [4.78, 5) is 0.276. The molecule has 0 aliphatic heterocycles. The minimum Gasteiger partial charge on any atom is -0.310 e. The van der Waals surface area contributed by atoms with Gasteiger partial charge in [-0.1, -0.05) is 6.92 Å². The van der Waals surface area contributed by atoms with Gasteiger partial charge >= 0.3 is 0 Å². The van der Waals surface area contributed by atoms with E-state index in [0.717, 1.165) is 12.2 Å². The van der Waals surface area contributed by atoms with Crippen molar-refractivity contribution in [1.82, 2.24) is 25.5 Å². The van der Waals surface area contributed by atoms with Crippen molar-refractivity contribution in [2.45, 2.75) is 18.4 Å². The van der Waals surface area contributed by atoms with Crippen LogP contribution in [0.4, 0.5) is 0 Å². The summed E-state index contributed by atoms with van der Waals surface area (Å²) in [5, 5.41) is 14.6. The first-order chi connectivity index (χ1) is 9.02. The van der Waals surface area contributed by atoms with Crippen molar-refractivity contribution < 1.29 is 8.42 Å². The SMILES string of the molecule is CCNCc1nnnn1-c1ccc(S(C)(=O)=O)cc1. The van der Waals surface area contributed by atoms with Gasteiger partial charge in [-0.3, -0.25) is 0 Å². The average molecular weight is 281 g/mol. The molecule has 1 aromatic heterocycles. The Kier molecular flexibility index (Phi) is 3.91. The van der Waals surface area contributed by atoms with Gasteiger partial charge in [0.1, 0.15) is 0 Å². The van der Waals surface area contributed by atoms with E-state index in [1.807, 2.05) is 6.92 Å². The zero-order chi connectivity index (χ0) is 13.9. The van der Waals surface area contributed by atoms with Gasteiger partial charge in [-0.05, 0) is 41.2 Å². The lowest BCUT2D eigenvalue weighted by molar-refractivity contribution is 0.602. The first-order valence-corrected chi connectivity index (χ1v) is 7.70. The Hall–Kier alpha value is -1.80. The second-order valence-corrected chi connectivity index (χ2v) is 6.07. The van der Waals surface area contributed by atoms with Gasteiger partial charge < -0.3 is 5.32 Å². The van der Waals surface area contributed by atoms with Crippen LogP contribution in [0.3, 0.4) is 0 Å². The molecule has 0 aliphatic carbocycles. The number of hydrogen-bond donors (Lipinski definition) is 1. The zero-order valence-electron chi connectivity index (χ0n) is 10.7. The first kappa shape index (κ1) is 13.6. The quantitative estimate of drug-likeness (QED) is 0.840. The second kappa shape index (κ2) is 5.45. The summed E-state index contributed by atoms with van der Waals surface area (Å²) in [5.41, 5.74) is 0.727. The largest absolute Gasteiger partial charge is 0.310 e. The van der Waals surface area contributed by atoms with E-state index in [-0.39, 0.29) is 4.90 Å². The van der Waals surface area contributed by atoms with E-state index in [2.05, 4.69) is 20.8 Å². The molecule has 2 aromatic rings. The van der Waals surface area contributed by atoms with Crippen molar-refractivity contribution >= 4 is 9.84 Å². The van der Waals surface area contributed by atoms with Crippen LogP contribution in [0.5, 0.6) is 0 Å². The predicted octanol–water partition coefficient (Wildman–Crippen LogP) is 0.175. The molecule has 102 valence electrons. The number of aromatic nitrogens is 4. The molecule has 1 aromatic carbocycles. The van der Waals surface area contributed by atoms with Gasteiger partial charge in [-0.25, -0.2) is 8.42 Å². The summed E-state index contributed by atoms with van der Waals surface area (Å²) in [5.74, 6) is 0.675. The van der Waals surface area contributed by atoms with Gasteiger partial charge in [-0.2, -0.15) is 4.68 Å². The molecule has 1 heterocycles. The van der Waals surface area contributed by atoms with Crippen molar-refractivity contribution in [1.29, 1.82) is 0 Å². The molecule has 1 N–H and O–H groups in total. The number of nitrogens with zero attached hydrogens (tertiary/aromatic N) is 4. The summed E-state index contributed by atoms with van der Waals surface area (Å²) < 4.78 is 24.3. The van der Waals surface area contributed by atoms with E-state index < -0.39 is 9.84 Å². The lowest BCUT2D eigenvalue weighted by Gasteiger charge is -2.05. The molecular weight excluding hydrogens is 266 g/mol. The van der Waals surface area contributed by atoms with Gasteiger partial charge in [0.2, 0.25) is 0 Å². The van der Waals surface area contributed by atoms with Crippen LogP contribution in [0, 0.1) is 0 Å². The fourth-order valence-electron chi connectivity index (χ4n) is 1.59. The van der Waals surface area contributed by atoms with Crippen molar-refractivity contribution in [3.05, 3.63) is 30.1 Å². The molecule has 0 saturated heterocycles. The Morgan fingerprint density at radius 2 is 1.95 bits per heavy atom. The molecule has 0 radical (unpaired) electrons. The molecule has 0 fully saturated rings. The number of benzene rings is 1. The van der Waals surface area contributed by atoms with Crippen LogP contribution in [-0.4, -0.2) is 41.4 Å². The third kappa shape index (κ3) is 3.15. The van der Waals surface area contributed by atoms with E-state index >= 15 is 0 Å². The van der Waals surface area contributed by atoms with E-state index in [4.69, 9.17) is 0 Å². The number of tetrazole rings is 1. The van der Waals surface area contributed by atoms with Crippen LogP contribution in [0.2, 0.25) is 0 Å². The summed E-state index contributed by atoms with van der Waals surface area (Å²) in [6.07, 6.45) is 1.18. The van der Waals surface area contributed by atoms with Gasteiger partial charge in [0, 0.05) is 6.26 Å². The lowest BCUT2D eigenvalue weighted by Crippen LogP contribution is -2.16. The zero-order valence-corrected chi connectivity index (χ0v) is 11.6. The van der Waals surface area contributed by atoms with Crippen molar-refractivity contribution in [2.24, 2.45) is 0 Å². The first-order valence-electron chi connectivity index (χ1n) is 5.81. The molecule has 0 aliphatic rings. The van der Waals surface area contributed by atoms with Crippen molar-refractivity contribution in [2.75, 3.05) is 12.8 Å². The minimum atomic E-state index is -3.19. The number of nitrogens with one attached hydrogen (secondary N) is 1. The van der Waals surface area contributed by atoms with Crippen LogP contribution in [-0.2, 0) is 16.4 Å². The molecule has 0 bridgehead atoms. The van der Waals surface area contributed by atoms with Crippen LogP contribution in [0.15, 0.2) is 29.2 Å². The number of sulfone groups is 1. The van der Waals surface area contributed by atoms with Crippen LogP contribution >= 0.6 is 0 Å². The van der Waals surface area contributed by atoms with E-state index in [1.54, 1.807) is 28.9 Å². The monoisotopic (exact) mass is 281 g/mol. The van der Waals surface area contributed by atoms with Gasteiger partial charge in [0.05, 0.1) is 17.1 Å². The Morgan fingerprint density at radius 1 is 1.26 bits per heavy atom. The predicted molar refractivity (Wildman–Crippen MR) is 69.6 cm³/mol. The highest BCUT2D eigenvalue weighted by Gasteiger charge is 2.10. The maximum Gasteiger partial charge on any atom is 0.175 e. The van der Waals surface area contributed by atoms with Crippen molar-refractivity contribution in [3.63, 3.8) is 0 Å². The normalized spacial score (nSPS) is 11.7. The average Bonchev–Trinajstić information content (AvgIpc) is 2.83. The second-order valence-electron chi connectivity index (χ2n) is 4.05. The Balaban J connectivity index is 2.30. The lowest BCUT2D eigenvalue weighted by atomic mass is 10.3. The van der Waals surface area contributed by atoms with Crippen molar-refractivity contribution in [3.8, 4) is 5.69 Å². The van der Waals surface area contributed by atoms with Gasteiger partial charge in [0.25, 0.3) is 0 Å². The summed E-state index contributed by atoms with van der Waals surface area (Å²) in [6.45, 7) is 3.37. The molecule has 0 saturated carbocycles. The highest BCUT2D eigenvalue weighted by Crippen LogP contribution is 2.13. The Labute approximate surface area is 111 Å². The highest BCUT2D eigenvalue weighted by atomic mass is 32.2. The fraction of sp³-hybridized carbons (Fsp3) is 0.364. The number of hydrogen-bond acceptors (Lipinski definition) is 6. The van der Waals surface area contributed by atoms with E-state index in [1.165, 1.54) is 6.26 Å². The van der Waals surface area contributed by atoms with E-state index in [9.17, 15) is 8.42 Å². The molecular formula is C11H15N5O2S. The summed E-state index contributed by atoms with van der Waals surface area (Å²) >= 11 is 0. The van der Waals surface area contributed by atoms with Gasteiger partial charge in [0.15, 0.2) is 15.7 Å². The van der Waals surface area contributed by atoms with E-state index in [0.29, 0.717) is 12.4 Å². The topological polar surface area (TPSA) is 89.8 Å². The van der Waals surface area contributed by atoms with Crippen LogP contribution in [0.1, 0.15) is 12.7 Å². The molecule has 7 nitrogen and oxygen atoms in total. The summed E-state index contributed by atoms with van der Waals surface area (Å²) in [7, 11) is -3.19. The number of rotatable bonds is 5. The Bertz CT molecular complexity index is 648. The van der Waals surface area contributed by atoms with Crippen LogP contribution in [0.25, 0.3) is 5.69 Å². The third-order valence-electron chi connectivity index (χ3n) is 2.58. The minimum absolute atomic E-state index is 0.276. The molecule has 0 spiro atoms. The standard InChI is InChI=1S/C11H15N5O2S/c1-3-12-8-11-13-14-15-16(11)9-4-6-10(7-5-9)19(2,17)18/h4-7,12H,3,8H2,1-2H3. The molecule has 2 rings (SSSR count). The summed E-state index contributed by atoms with van der Waals surface area (Å²) in [6, 6.07) is 6.46. The highest BCUT2D eigenvalue weighted by molar-refractivity contribution is 7.90. The molecule has 0 unspecified atom stereocenters. The fourth-order valence-corrected chi connectivity index (χ4v) is 2.22. The molecule has 8 heteroatoms. The van der Waals surface area contributed by atoms with Crippen LogP contribution < -0.4 is 5.32 Å². The molecule has 19 heavy (non-hydrogen) atoms. The molecule has 0 amide bonds. The Morgan fingerprint density at radius 3 is 2.53 bits per heavy atom. The maximum absolute atomic E-state index is 11.4. The third-order valence-corrected chi connectivity index (χ3v) is 3.71.